The molecule has 1 amide bonds. The Morgan fingerprint density at radius 2 is 2.12 bits per heavy atom. The molecule has 0 heterocycles. The first-order valence-electron chi connectivity index (χ1n) is 5.25. The number of aryl methyl sites for hydroxylation is 1. The van der Waals surface area contributed by atoms with E-state index < -0.39 is 17.9 Å². The van der Waals surface area contributed by atoms with E-state index in [0.717, 1.165) is 5.56 Å². The van der Waals surface area contributed by atoms with Gasteiger partial charge in [-0.2, -0.15) is 0 Å². The molecule has 1 atom stereocenters. The number of halogens is 1. The van der Waals surface area contributed by atoms with Gasteiger partial charge >= 0.3 is 5.97 Å². The van der Waals surface area contributed by atoms with E-state index >= 15 is 0 Å². The maximum Gasteiger partial charge on any atom is 0.326 e. The molecule has 0 spiro atoms. The van der Waals surface area contributed by atoms with Crippen LogP contribution in [0.15, 0.2) is 18.2 Å². The zero-order chi connectivity index (χ0) is 13.0. The molecule has 17 heavy (non-hydrogen) atoms. The number of hydrogen-bond donors (Lipinski definition) is 2. The summed E-state index contributed by atoms with van der Waals surface area (Å²) in [7, 11) is 0. The quantitative estimate of drug-likeness (QED) is 0.867. The van der Waals surface area contributed by atoms with Gasteiger partial charge in [0.1, 0.15) is 6.04 Å². The molecule has 4 nitrogen and oxygen atoms in total. The lowest BCUT2D eigenvalue weighted by molar-refractivity contribution is -0.139. The number of aliphatic carboxylic acids is 1. The SMILES string of the molecule is CC[C@@H](NC(=O)c1ccc(Cl)cc1C)C(=O)O. The number of amides is 1. The molecule has 1 rings (SSSR count). The maximum absolute atomic E-state index is 11.8. The fourth-order valence-electron chi connectivity index (χ4n) is 1.46. The zero-order valence-electron chi connectivity index (χ0n) is 9.66. The molecular formula is C12H14ClNO3. The van der Waals surface area contributed by atoms with Gasteiger partial charge in [-0.1, -0.05) is 18.5 Å². The number of nitrogens with one attached hydrogen (secondary N) is 1. The van der Waals surface area contributed by atoms with Gasteiger partial charge in [0.15, 0.2) is 0 Å². The first-order valence-corrected chi connectivity index (χ1v) is 5.63. The van der Waals surface area contributed by atoms with Crippen LogP contribution in [0.25, 0.3) is 0 Å². The van der Waals surface area contributed by atoms with Gasteiger partial charge in [-0.15, -0.1) is 0 Å². The predicted octanol–water partition coefficient (Wildman–Crippen LogP) is 2.24. The number of carboxylic acids is 1. The molecule has 2 N–H and O–H groups in total. The molecule has 0 aliphatic carbocycles. The molecule has 0 aromatic heterocycles. The number of benzene rings is 1. The van der Waals surface area contributed by atoms with Crippen LogP contribution < -0.4 is 5.32 Å². The third-order valence-corrected chi connectivity index (χ3v) is 2.68. The molecule has 1 aromatic carbocycles. The largest absolute Gasteiger partial charge is 0.480 e. The molecule has 0 aliphatic heterocycles. The van der Waals surface area contributed by atoms with E-state index in [-0.39, 0.29) is 0 Å². The van der Waals surface area contributed by atoms with Crippen LogP contribution in [0, 0.1) is 6.92 Å². The van der Waals surface area contributed by atoms with Crippen molar-refractivity contribution in [1.29, 1.82) is 0 Å². The Labute approximate surface area is 105 Å². The normalized spacial score (nSPS) is 11.9. The van der Waals surface area contributed by atoms with Crippen molar-refractivity contribution in [2.24, 2.45) is 0 Å². The van der Waals surface area contributed by atoms with Crippen molar-refractivity contribution >= 4 is 23.5 Å². The van der Waals surface area contributed by atoms with Crippen molar-refractivity contribution in [2.75, 3.05) is 0 Å². The lowest BCUT2D eigenvalue weighted by Gasteiger charge is -2.13. The highest BCUT2D eigenvalue weighted by Crippen LogP contribution is 2.15. The molecule has 0 saturated carbocycles. The van der Waals surface area contributed by atoms with E-state index in [0.29, 0.717) is 17.0 Å². The summed E-state index contributed by atoms with van der Waals surface area (Å²) in [5, 5.41) is 11.9. The Morgan fingerprint density at radius 3 is 2.59 bits per heavy atom. The smallest absolute Gasteiger partial charge is 0.326 e. The maximum atomic E-state index is 11.8. The topological polar surface area (TPSA) is 66.4 Å². The summed E-state index contributed by atoms with van der Waals surface area (Å²) in [4.78, 5) is 22.6. The van der Waals surface area contributed by atoms with Crippen LogP contribution in [0.4, 0.5) is 0 Å². The van der Waals surface area contributed by atoms with Gasteiger partial charge in [0.2, 0.25) is 0 Å². The standard InChI is InChI=1S/C12H14ClNO3/c1-3-10(12(16)17)14-11(15)9-5-4-8(13)6-7(9)2/h4-6,10H,3H2,1-2H3,(H,14,15)(H,16,17)/t10-/m1/s1. The van der Waals surface area contributed by atoms with E-state index in [1.807, 2.05) is 0 Å². The second kappa shape index (κ2) is 5.68. The molecule has 0 unspecified atom stereocenters. The average molecular weight is 256 g/mol. The van der Waals surface area contributed by atoms with Gasteiger partial charge in [-0.3, -0.25) is 4.79 Å². The summed E-state index contributed by atoms with van der Waals surface area (Å²) >= 11 is 5.78. The molecule has 0 aliphatic rings. The molecule has 1 aromatic rings. The van der Waals surface area contributed by atoms with Gasteiger partial charge in [0, 0.05) is 10.6 Å². The lowest BCUT2D eigenvalue weighted by atomic mass is 10.1. The first kappa shape index (κ1) is 13.5. The number of carboxylic acid groups (broad SMARTS) is 1. The van der Waals surface area contributed by atoms with Crippen LogP contribution in [0.2, 0.25) is 5.02 Å². The van der Waals surface area contributed by atoms with Crippen molar-refractivity contribution in [1.82, 2.24) is 5.32 Å². The molecule has 0 saturated heterocycles. The average Bonchev–Trinajstić information content (AvgIpc) is 2.24. The van der Waals surface area contributed by atoms with E-state index in [1.54, 1.807) is 32.0 Å². The third-order valence-electron chi connectivity index (χ3n) is 2.44. The second-order valence-corrected chi connectivity index (χ2v) is 4.17. The van der Waals surface area contributed by atoms with Gasteiger partial charge in [0.25, 0.3) is 5.91 Å². The molecule has 0 fully saturated rings. The van der Waals surface area contributed by atoms with Crippen LogP contribution in [0.3, 0.4) is 0 Å². The first-order chi connectivity index (χ1) is 7.95. The van der Waals surface area contributed by atoms with Gasteiger partial charge in [-0.25, -0.2) is 4.79 Å². The Bertz CT molecular complexity index is 445. The summed E-state index contributed by atoms with van der Waals surface area (Å²) in [5.41, 5.74) is 1.16. The zero-order valence-corrected chi connectivity index (χ0v) is 10.4. The molecule has 0 radical (unpaired) electrons. The number of carbonyl (C=O) groups is 2. The van der Waals surface area contributed by atoms with E-state index in [9.17, 15) is 9.59 Å². The number of rotatable bonds is 4. The third kappa shape index (κ3) is 3.46. The van der Waals surface area contributed by atoms with Crippen LogP contribution in [-0.2, 0) is 4.79 Å². The monoisotopic (exact) mass is 255 g/mol. The summed E-state index contributed by atoms with van der Waals surface area (Å²) < 4.78 is 0. The van der Waals surface area contributed by atoms with E-state index in [4.69, 9.17) is 16.7 Å². The Hall–Kier alpha value is -1.55. The van der Waals surface area contributed by atoms with Crippen LogP contribution in [-0.4, -0.2) is 23.0 Å². The van der Waals surface area contributed by atoms with E-state index in [1.165, 1.54) is 0 Å². The highest BCUT2D eigenvalue weighted by Gasteiger charge is 2.19. The fraction of sp³-hybridized carbons (Fsp3) is 0.333. The Morgan fingerprint density at radius 1 is 1.47 bits per heavy atom. The van der Waals surface area contributed by atoms with E-state index in [2.05, 4.69) is 5.32 Å². The summed E-state index contributed by atoms with van der Waals surface area (Å²) in [6.45, 7) is 3.45. The fourth-order valence-corrected chi connectivity index (χ4v) is 1.68. The van der Waals surface area contributed by atoms with Crippen molar-refractivity contribution in [3.05, 3.63) is 34.3 Å². The van der Waals surface area contributed by atoms with Crippen LogP contribution in [0.1, 0.15) is 29.3 Å². The molecular weight excluding hydrogens is 242 g/mol. The molecule has 5 heteroatoms. The number of carbonyl (C=O) groups excluding carboxylic acids is 1. The van der Waals surface area contributed by atoms with Crippen molar-refractivity contribution in [2.45, 2.75) is 26.3 Å². The van der Waals surface area contributed by atoms with Crippen LogP contribution >= 0.6 is 11.6 Å². The van der Waals surface area contributed by atoms with Crippen molar-refractivity contribution < 1.29 is 14.7 Å². The minimum absolute atomic E-state index is 0.341. The summed E-state index contributed by atoms with van der Waals surface area (Å²) in [5.74, 6) is -1.43. The lowest BCUT2D eigenvalue weighted by Crippen LogP contribution is -2.40. The van der Waals surface area contributed by atoms with Gasteiger partial charge < -0.3 is 10.4 Å². The van der Waals surface area contributed by atoms with Gasteiger partial charge in [0.05, 0.1) is 0 Å². The minimum Gasteiger partial charge on any atom is -0.480 e. The predicted molar refractivity (Wildman–Crippen MR) is 65.4 cm³/mol. The Kier molecular flexibility index (Phi) is 4.52. The highest BCUT2D eigenvalue weighted by atomic mass is 35.5. The minimum atomic E-state index is -1.03. The highest BCUT2D eigenvalue weighted by molar-refractivity contribution is 6.30. The second-order valence-electron chi connectivity index (χ2n) is 3.73. The summed E-state index contributed by atoms with van der Waals surface area (Å²) in [6.07, 6.45) is 0.341. The van der Waals surface area contributed by atoms with Crippen molar-refractivity contribution in [3.8, 4) is 0 Å². The molecule has 92 valence electrons. The van der Waals surface area contributed by atoms with Gasteiger partial charge in [-0.05, 0) is 37.1 Å². The number of hydrogen-bond acceptors (Lipinski definition) is 2. The van der Waals surface area contributed by atoms with Crippen LogP contribution in [0.5, 0.6) is 0 Å². The van der Waals surface area contributed by atoms with Crippen molar-refractivity contribution in [3.63, 3.8) is 0 Å². The Balaban J connectivity index is 2.86. The summed E-state index contributed by atoms with van der Waals surface area (Å²) in [6, 6.07) is 3.99. The molecule has 0 bridgehead atoms.